The molecule has 0 radical (unpaired) electrons. The van der Waals surface area contributed by atoms with Crippen LogP contribution in [-0.4, -0.2) is 70.9 Å². The largest absolute Gasteiger partial charge is 0.394 e. The molecule has 0 spiro atoms. The molecule has 5 atom stereocenters. The molecule has 0 saturated carbocycles. The van der Waals surface area contributed by atoms with Crippen LogP contribution >= 0.6 is 0 Å². The predicted octanol–water partition coefficient (Wildman–Crippen LogP) is -2.46. The van der Waals surface area contributed by atoms with Crippen LogP contribution in [0.2, 0.25) is 0 Å². The van der Waals surface area contributed by atoms with Crippen LogP contribution in [0.15, 0.2) is 0 Å². The summed E-state index contributed by atoms with van der Waals surface area (Å²) in [6, 6.07) is 0. The Morgan fingerprint density at radius 3 is 2.41 bits per heavy atom. The topological polar surface area (TPSA) is 125 Å². The van der Waals surface area contributed by atoms with E-state index in [0.717, 1.165) is 6.42 Å². The van der Waals surface area contributed by atoms with Gasteiger partial charge in [-0.05, 0) is 19.4 Å². The Hall–Kier alpha value is -0.280. The number of aliphatic hydroxyl groups is 4. The summed E-state index contributed by atoms with van der Waals surface area (Å²) in [5.41, 5.74) is 5.31. The van der Waals surface area contributed by atoms with Crippen LogP contribution in [0, 0.1) is 0 Å². The van der Waals surface area contributed by atoms with E-state index in [9.17, 15) is 15.3 Å². The van der Waals surface area contributed by atoms with Crippen molar-refractivity contribution in [1.82, 2.24) is 0 Å². The second-order valence-electron chi connectivity index (χ2n) is 4.06. The van der Waals surface area contributed by atoms with Gasteiger partial charge in [0.1, 0.15) is 24.4 Å². The fourth-order valence-corrected chi connectivity index (χ4v) is 1.72. The summed E-state index contributed by atoms with van der Waals surface area (Å²) in [7, 11) is 0. The molecule has 7 nitrogen and oxygen atoms in total. The van der Waals surface area contributed by atoms with E-state index in [1.54, 1.807) is 0 Å². The van der Waals surface area contributed by atoms with E-state index in [4.69, 9.17) is 20.3 Å². The molecule has 1 rings (SSSR count). The van der Waals surface area contributed by atoms with Crippen molar-refractivity contribution in [2.75, 3.05) is 19.8 Å². The maximum atomic E-state index is 9.72. The monoisotopic (exact) mass is 251 g/mol. The van der Waals surface area contributed by atoms with E-state index in [1.807, 2.05) is 0 Å². The summed E-state index contributed by atoms with van der Waals surface area (Å²) in [6.07, 6.45) is -4.44. The zero-order valence-electron chi connectivity index (χ0n) is 9.60. The SMILES string of the molecule is NCCCCO[C@H]1C(O)O[C@H](CO)[C@@H](O)[C@@H]1O. The highest BCUT2D eigenvalue weighted by Crippen LogP contribution is 2.22. The number of rotatable bonds is 6. The Balaban J connectivity index is 2.43. The highest BCUT2D eigenvalue weighted by molar-refractivity contribution is 4.89. The van der Waals surface area contributed by atoms with E-state index in [0.29, 0.717) is 19.6 Å². The molecule has 1 heterocycles. The van der Waals surface area contributed by atoms with Crippen LogP contribution < -0.4 is 5.73 Å². The number of ether oxygens (including phenoxy) is 2. The van der Waals surface area contributed by atoms with Gasteiger partial charge in [0.15, 0.2) is 6.29 Å². The minimum absolute atomic E-state index is 0.315. The van der Waals surface area contributed by atoms with Crippen LogP contribution in [0.3, 0.4) is 0 Å². The Kier molecular flexibility index (Phi) is 6.28. The highest BCUT2D eigenvalue weighted by Gasteiger charge is 2.44. The molecule has 1 unspecified atom stereocenters. The number of aliphatic hydroxyl groups excluding tert-OH is 4. The first-order chi connectivity index (χ1) is 8.11. The Labute approximate surface area is 99.8 Å². The van der Waals surface area contributed by atoms with Crippen LogP contribution in [0.4, 0.5) is 0 Å². The zero-order chi connectivity index (χ0) is 12.8. The molecule has 1 saturated heterocycles. The van der Waals surface area contributed by atoms with E-state index in [-0.39, 0.29) is 0 Å². The van der Waals surface area contributed by atoms with Crippen molar-refractivity contribution >= 4 is 0 Å². The molecule has 0 aliphatic carbocycles. The molecule has 0 bridgehead atoms. The van der Waals surface area contributed by atoms with Gasteiger partial charge in [-0.15, -0.1) is 0 Å². The van der Waals surface area contributed by atoms with Gasteiger partial charge in [-0.25, -0.2) is 0 Å². The third kappa shape index (κ3) is 3.85. The second-order valence-corrected chi connectivity index (χ2v) is 4.06. The molecule has 6 N–H and O–H groups in total. The highest BCUT2D eigenvalue weighted by atomic mass is 16.7. The van der Waals surface area contributed by atoms with Crippen molar-refractivity contribution in [3.05, 3.63) is 0 Å². The summed E-state index contributed by atoms with van der Waals surface area (Å²) >= 11 is 0. The molecule has 1 aliphatic heterocycles. The van der Waals surface area contributed by atoms with E-state index >= 15 is 0 Å². The van der Waals surface area contributed by atoms with Gasteiger partial charge in [-0.2, -0.15) is 0 Å². The molecule has 102 valence electrons. The van der Waals surface area contributed by atoms with Crippen molar-refractivity contribution in [3.8, 4) is 0 Å². The first-order valence-electron chi connectivity index (χ1n) is 5.74. The zero-order valence-corrected chi connectivity index (χ0v) is 9.60. The second kappa shape index (κ2) is 7.22. The fraction of sp³-hybridized carbons (Fsp3) is 1.00. The quantitative estimate of drug-likeness (QED) is 0.331. The number of nitrogens with two attached hydrogens (primary N) is 1. The summed E-state index contributed by atoms with van der Waals surface area (Å²) in [4.78, 5) is 0. The molecule has 0 amide bonds. The Morgan fingerprint density at radius 1 is 1.12 bits per heavy atom. The van der Waals surface area contributed by atoms with E-state index in [2.05, 4.69) is 0 Å². The van der Waals surface area contributed by atoms with Gasteiger partial charge in [0, 0.05) is 6.61 Å². The Bertz CT molecular complexity index is 217. The number of hydrogen-bond donors (Lipinski definition) is 5. The van der Waals surface area contributed by atoms with Gasteiger partial charge in [0.2, 0.25) is 0 Å². The molecule has 17 heavy (non-hydrogen) atoms. The summed E-state index contributed by atoms with van der Waals surface area (Å²) < 4.78 is 10.2. The van der Waals surface area contributed by atoms with Gasteiger partial charge >= 0.3 is 0 Å². The Morgan fingerprint density at radius 2 is 1.82 bits per heavy atom. The first-order valence-corrected chi connectivity index (χ1v) is 5.74. The lowest BCUT2D eigenvalue weighted by atomic mass is 9.99. The van der Waals surface area contributed by atoms with E-state index in [1.165, 1.54) is 0 Å². The van der Waals surface area contributed by atoms with Crippen molar-refractivity contribution in [1.29, 1.82) is 0 Å². The molecular weight excluding hydrogens is 230 g/mol. The lowest BCUT2D eigenvalue weighted by Gasteiger charge is -2.39. The summed E-state index contributed by atoms with van der Waals surface area (Å²) in [5.74, 6) is 0. The van der Waals surface area contributed by atoms with Crippen LogP contribution in [0.1, 0.15) is 12.8 Å². The van der Waals surface area contributed by atoms with Crippen LogP contribution in [0.25, 0.3) is 0 Å². The van der Waals surface area contributed by atoms with Crippen LogP contribution in [0.5, 0.6) is 0 Å². The molecule has 1 fully saturated rings. The maximum absolute atomic E-state index is 9.72. The lowest BCUT2D eigenvalue weighted by molar-refractivity contribution is -0.296. The van der Waals surface area contributed by atoms with Gasteiger partial charge in [0.05, 0.1) is 6.61 Å². The smallest absolute Gasteiger partial charge is 0.184 e. The van der Waals surface area contributed by atoms with Crippen LogP contribution in [-0.2, 0) is 9.47 Å². The van der Waals surface area contributed by atoms with E-state index < -0.39 is 37.3 Å². The molecule has 1 aliphatic rings. The minimum Gasteiger partial charge on any atom is -0.394 e. The maximum Gasteiger partial charge on any atom is 0.184 e. The molecule has 0 aromatic carbocycles. The van der Waals surface area contributed by atoms with Gasteiger partial charge in [-0.3, -0.25) is 0 Å². The first kappa shape index (κ1) is 14.8. The average Bonchev–Trinajstić information content (AvgIpc) is 2.32. The third-order valence-electron chi connectivity index (χ3n) is 2.75. The van der Waals surface area contributed by atoms with Crippen molar-refractivity contribution in [3.63, 3.8) is 0 Å². The van der Waals surface area contributed by atoms with Gasteiger partial charge in [0.25, 0.3) is 0 Å². The molecule has 7 heteroatoms. The summed E-state index contributed by atoms with van der Waals surface area (Å²) in [6.45, 7) is 0.385. The minimum atomic E-state index is -1.36. The van der Waals surface area contributed by atoms with Crippen molar-refractivity contribution in [2.24, 2.45) is 5.73 Å². The van der Waals surface area contributed by atoms with Gasteiger partial charge < -0.3 is 35.6 Å². The predicted molar refractivity (Wildman–Crippen MR) is 58.0 cm³/mol. The average molecular weight is 251 g/mol. The van der Waals surface area contributed by atoms with Crippen molar-refractivity contribution < 1.29 is 29.9 Å². The molecular formula is C10H21NO6. The number of hydrogen-bond acceptors (Lipinski definition) is 7. The van der Waals surface area contributed by atoms with Crippen molar-refractivity contribution in [2.45, 2.75) is 43.5 Å². The fourth-order valence-electron chi connectivity index (χ4n) is 1.72. The standard InChI is InChI=1S/C10H21NO6/c11-3-1-2-4-16-9-8(14)7(13)6(5-12)17-10(9)15/h6-10,12-15H,1-5,11H2/t6-,7-,8+,9-,10?/m1/s1. The summed E-state index contributed by atoms with van der Waals surface area (Å²) in [5, 5.41) is 37.7. The normalized spacial score (nSPS) is 38.3. The molecule has 0 aromatic heterocycles. The number of unbranched alkanes of at least 4 members (excludes halogenated alkanes) is 1. The lowest BCUT2D eigenvalue weighted by Crippen LogP contribution is -2.59. The third-order valence-corrected chi connectivity index (χ3v) is 2.75. The van der Waals surface area contributed by atoms with Gasteiger partial charge in [-0.1, -0.05) is 0 Å². The molecule has 0 aromatic rings.